The van der Waals surface area contributed by atoms with Gasteiger partial charge in [-0.15, -0.1) is 0 Å². The van der Waals surface area contributed by atoms with Gasteiger partial charge in [-0.1, -0.05) is 20.3 Å². The van der Waals surface area contributed by atoms with E-state index in [4.69, 9.17) is 9.47 Å². The average Bonchev–Trinajstić information content (AvgIpc) is 2.39. The van der Waals surface area contributed by atoms with Crippen LogP contribution in [0, 0.1) is 5.92 Å². The molecule has 4 heteroatoms. The van der Waals surface area contributed by atoms with Gasteiger partial charge in [0.1, 0.15) is 16.0 Å². The molecule has 1 aromatic rings. The fraction of sp³-hybridized carbons (Fsp3) is 0.571. The van der Waals surface area contributed by atoms with Crippen molar-refractivity contribution in [2.75, 3.05) is 21.3 Å². The summed E-state index contributed by atoms with van der Waals surface area (Å²) in [5, 5.41) is 3.37. The quantitative estimate of drug-likeness (QED) is 0.866. The molecule has 1 aromatic carbocycles. The Morgan fingerprint density at radius 2 is 1.94 bits per heavy atom. The first-order valence-corrected chi connectivity index (χ1v) is 6.97. The van der Waals surface area contributed by atoms with Crippen molar-refractivity contribution in [3.05, 3.63) is 22.2 Å². The van der Waals surface area contributed by atoms with Crippen LogP contribution >= 0.6 is 15.9 Å². The minimum absolute atomic E-state index is 0.271. The highest BCUT2D eigenvalue weighted by molar-refractivity contribution is 9.10. The molecule has 0 saturated carbocycles. The van der Waals surface area contributed by atoms with E-state index in [0.29, 0.717) is 5.92 Å². The Labute approximate surface area is 118 Å². The van der Waals surface area contributed by atoms with E-state index in [1.54, 1.807) is 14.2 Å². The Kier molecular flexibility index (Phi) is 5.96. The minimum Gasteiger partial charge on any atom is -0.495 e. The molecule has 0 aliphatic rings. The van der Waals surface area contributed by atoms with Gasteiger partial charge >= 0.3 is 0 Å². The van der Waals surface area contributed by atoms with Crippen LogP contribution in [0.4, 0.5) is 0 Å². The van der Waals surface area contributed by atoms with Crippen LogP contribution in [0.25, 0.3) is 0 Å². The van der Waals surface area contributed by atoms with Crippen molar-refractivity contribution in [2.45, 2.75) is 26.3 Å². The molecule has 2 unspecified atom stereocenters. The molecule has 0 aliphatic carbocycles. The summed E-state index contributed by atoms with van der Waals surface area (Å²) >= 11 is 3.54. The molecular formula is C14H22BrNO2. The van der Waals surface area contributed by atoms with E-state index in [0.717, 1.165) is 28.0 Å². The highest BCUT2D eigenvalue weighted by Crippen LogP contribution is 2.41. The average molecular weight is 316 g/mol. The van der Waals surface area contributed by atoms with E-state index in [9.17, 15) is 0 Å². The van der Waals surface area contributed by atoms with Crippen LogP contribution in [0.3, 0.4) is 0 Å². The monoisotopic (exact) mass is 315 g/mol. The maximum atomic E-state index is 5.53. The molecule has 102 valence electrons. The lowest BCUT2D eigenvalue weighted by molar-refractivity contribution is 0.356. The number of rotatable bonds is 6. The van der Waals surface area contributed by atoms with Gasteiger partial charge in [0.25, 0.3) is 0 Å². The smallest absolute Gasteiger partial charge is 0.141 e. The van der Waals surface area contributed by atoms with Crippen molar-refractivity contribution < 1.29 is 9.47 Å². The summed E-state index contributed by atoms with van der Waals surface area (Å²) in [7, 11) is 5.32. The Morgan fingerprint density at radius 3 is 2.39 bits per heavy atom. The first-order chi connectivity index (χ1) is 8.60. The fourth-order valence-electron chi connectivity index (χ4n) is 2.15. The van der Waals surface area contributed by atoms with Crippen LogP contribution < -0.4 is 14.8 Å². The molecule has 0 aliphatic heterocycles. The summed E-state index contributed by atoms with van der Waals surface area (Å²) in [5.74, 6) is 2.16. The van der Waals surface area contributed by atoms with Gasteiger partial charge in [-0.2, -0.15) is 0 Å². The molecule has 0 aromatic heterocycles. The van der Waals surface area contributed by atoms with Crippen molar-refractivity contribution in [3.63, 3.8) is 0 Å². The van der Waals surface area contributed by atoms with Gasteiger partial charge in [0.05, 0.1) is 14.2 Å². The van der Waals surface area contributed by atoms with Crippen molar-refractivity contribution in [1.29, 1.82) is 0 Å². The summed E-state index contributed by atoms with van der Waals surface area (Å²) in [4.78, 5) is 0. The van der Waals surface area contributed by atoms with Gasteiger partial charge in [-0.3, -0.25) is 0 Å². The molecule has 0 bridgehead atoms. The Bertz CT molecular complexity index is 396. The molecule has 18 heavy (non-hydrogen) atoms. The molecule has 0 saturated heterocycles. The molecule has 1 rings (SSSR count). The lowest BCUT2D eigenvalue weighted by Gasteiger charge is -2.25. The largest absolute Gasteiger partial charge is 0.495 e. The normalized spacial score (nSPS) is 14.1. The topological polar surface area (TPSA) is 30.5 Å². The van der Waals surface area contributed by atoms with E-state index in [-0.39, 0.29) is 6.04 Å². The maximum Gasteiger partial charge on any atom is 0.141 e. The maximum absolute atomic E-state index is 5.53. The third-order valence-corrected chi connectivity index (χ3v) is 4.13. The zero-order chi connectivity index (χ0) is 13.7. The van der Waals surface area contributed by atoms with Crippen LogP contribution in [-0.2, 0) is 0 Å². The summed E-state index contributed by atoms with van der Waals surface area (Å²) in [6, 6.07) is 4.30. The van der Waals surface area contributed by atoms with Crippen molar-refractivity contribution in [2.24, 2.45) is 5.92 Å². The van der Waals surface area contributed by atoms with Gasteiger partial charge in [0.15, 0.2) is 0 Å². The minimum atomic E-state index is 0.271. The molecule has 1 N–H and O–H groups in total. The Morgan fingerprint density at radius 1 is 1.28 bits per heavy atom. The molecule has 0 fully saturated rings. The first-order valence-electron chi connectivity index (χ1n) is 6.18. The molecule has 0 radical (unpaired) electrons. The van der Waals surface area contributed by atoms with Crippen LogP contribution in [0.1, 0.15) is 31.9 Å². The third-order valence-electron chi connectivity index (χ3n) is 3.38. The number of hydrogen-bond donors (Lipinski definition) is 1. The first kappa shape index (κ1) is 15.3. The summed E-state index contributed by atoms with van der Waals surface area (Å²) in [6.07, 6.45) is 1.11. The van der Waals surface area contributed by atoms with Crippen LogP contribution in [0.5, 0.6) is 11.5 Å². The van der Waals surface area contributed by atoms with Crippen LogP contribution in [-0.4, -0.2) is 21.3 Å². The van der Waals surface area contributed by atoms with Crippen molar-refractivity contribution in [3.8, 4) is 11.5 Å². The third kappa shape index (κ3) is 2.98. The Balaban J connectivity index is 3.26. The number of ether oxygens (including phenoxy) is 2. The number of hydrogen-bond acceptors (Lipinski definition) is 3. The van der Waals surface area contributed by atoms with E-state index < -0.39 is 0 Å². The standard InChI is InChI=1S/C14H22BrNO2/c1-6-9(2)13(16-3)10-7-8-11(17-4)12(15)14(10)18-5/h7-9,13,16H,6H2,1-5H3. The van der Waals surface area contributed by atoms with Crippen molar-refractivity contribution >= 4 is 15.9 Å². The highest BCUT2D eigenvalue weighted by atomic mass is 79.9. The number of halogens is 1. The van der Waals surface area contributed by atoms with Crippen LogP contribution in [0.2, 0.25) is 0 Å². The lowest BCUT2D eigenvalue weighted by Crippen LogP contribution is -2.23. The van der Waals surface area contributed by atoms with E-state index in [1.165, 1.54) is 0 Å². The highest BCUT2D eigenvalue weighted by Gasteiger charge is 2.22. The Hall–Kier alpha value is -0.740. The SMILES string of the molecule is CCC(C)C(NC)c1ccc(OC)c(Br)c1OC. The second-order valence-corrected chi connectivity index (χ2v) is 5.15. The van der Waals surface area contributed by atoms with Gasteiger partial charge in [0.2, 0.25) is 0 Å². The molecular weight excluding hydrogens is 294 g/mol. The van der Waals surface area contributed by atoms with Crippen LogP contribution in [0.15, 0.2) is 16.6 Å². The van der Waals surface area contributed by atoms with Gasteiger partial charge in [-0.25, -0.2) is 0 Å². The molecule has 2 atom stereocenters. The second kappa shape index (κ2) is 7.00. The molecule has 0 heterocycles. The fourth-order valence-corrected chi connectivity index (χ4v) is 2.83. The van der Waals surface area contributed by atoms with Gasteiger partial charge < -0.3 is 14.8 Å². The number of benzene rings is 1. The van der Waals surface area contributed by atoms with Gasteiger partial charge in [0, 0.05) is 11.6 Å². The molecule has 3 nitrogen and oxygen atoms in total. The molecule has 0 amide bonds. The van der Waals surface area contributed by atoms with E-state index in [1.807, 2.05) is 13.1 Å². The van der Waals surface area contributed by atoms with E-state index >= 15 is 0 Å². The zero-order valence-corrected chi connectivity index (χ0v) is 13.3. The van der Waals surface area contributed by atoms with Gasteiger partial charge in [-0.05, 0) is 41.0 Å². The predicted octanol–water partition coefficient (Wildman–Crippen LogP) is 3.77. The zero-order valence-electron chi connectivity index (χ0n) is 11.7. The molecule has 0 spiro atoms. The lowest BCUT2D eigenvalue weighted by atomic mass is 9.92. The summed E-state index contributed by atoms with van der Waals surface area (Å²) in [6.45, 7) is 4.43. The summed E-state index contributed by atoms with van der Waals surface area (Å²) < 4.78 is 11.7. The van der Waals surface area contributed by atoms with E-state index in [2.05, 4.69) is 41.2 Å². The van der Waals surface area contributed by atoms with Crippen molar-refractivity contribution in [1.82, 2.24) is 5.32 Å². The number of methoxy groups -OCH3 is 2. The predicted molar refractivity (Wildman–Crippen MR) is 78.5 cm³/mol. The summed E-state index contributed by atoms with van der Waals surface area (Å²) in [5.41, 5.74) is 1.15. The second-order valence-electron chi connectivity index (χ2n) is 4.36. The number of nitrogens with one attached hydrogen (secondary N) is 1.